The van der Waals surface area contributed by atoms with Crippen LogP contribution >= 0.6 is 0 Å². The van der Waals surface area contributed by atoms with E-state index in [1.165, 1.54) is 5.56 Å². The highest BCUT2D eigenvalue weighted by Gasteiger charge is 2.13. The van der Waals surface area contributed by atoms with Crippen LogP contribution in [0.2, 0.25) is 0 Å². The zero-order valence-corrected chi connectivity index (χ0v) is 14.9. The third kappa shape index (κ3) is 4.25. The molecule has 0 N–H and O–H groups in total. The molecule has 0 aromatic heterocycles. The minimum Gasteiger partial charge on any atom is -0.497 e. The largest absolute Gasteiger partial charge is 0.497 e. The lowest BCUT2D eigenvalue weighted by Gasteiger charge is -2.18. The van der Waals surface area contributed by atoms with Gasteiger partial charge in [-0.2, -0.15) is 0 Å². The Morgan fingerprint density at radius 3 is 2.17 bits per heavy atom. The van der Waals surface area contributed by atoms with Gasteiger partial charge in [-0.1, -0.05) is 51.1 Å². The summed E-state index contributed by atoms with van der Waals surface area (Å²) in [6, 6.07) is 13.4. The van der Waals surface area contributed by atoms with Gasteiger partial charge in [-0.25, -0.2) is 0 Å². The fourth-order valence-corrected chi connectivity index (χ4v) is 2.36. The summed E-state index contributed by atoms with van der Waals surface area (Å²) in [5.41, 5.74) is 2.89. The number of rotatable bonds is 5. The molecule has 2 aromatic rings. The van der Waals surface area contributed by atoms with E-state index in [0.29, 0.717) is 17.1 Å². The van der Waals surface area contributed by atoms with Crippen LogP contribution in [0.15, 0.2) is 48.5 Å². The minimum atomic E-state index is -0.102. The summed E-state index contributed by atoms with van der Waals surface area (Å²) in [7, 11) is 3.12. The van der Waals surface area contributed by atoms with E-state index in [-0.39, 0.29) is 11.2 Å². The molecule has 0 unspecified atom stereocenters. The van der Waals surface area contributed by atoms with Gasteiger partial charge in [-0.3, -0.25) is 4.79 Å². The van der Waals surface area contributed by atoms with Crippen molar-refractivity contribution in [2.45, 2.75) is 26.2 Å². The maximum absolute atomic E-state index is 12.4. The monoisotopic (exact) mass is 324 g/mol. The molecule has 24 heavy (non-hydrogen) atoms. The SMILES string of the molecule is COc1ccc(C(=O)/C=C/c2ccc(C(C)(C)C)cc2)c(OC)c1. The van der Waals surface area contributed by atoms with Crippen LogP contribution in [-0.2, 0) is 5.41 Å². The number of hydrogen-bond donors (Lipinski definition) is 0. The second-order valence-electron chi connectivity index (χ2n) is 6.64. The third-order valence-electron chi connectivity index (χ3n) is 3.88. The van der Waals surface area contributed by atoms with Crippen LogP contribution in [0.25, 0.3) is 6.08 Å². The van der Waals surface area contributed by atoms with Gasteiger partial charge in [0.1, 0.15) is 11.5 Å². The highest BCUT2D eigenvalue weighted by Crippen LogP contribution is 2.26. The highest BCUT2D eigenvalue weighted by atomic mass is 16.5. The number of methoxy groups -OCH3 is 2. The van der Waals surface area contributed by atoms with Crippen LogP contribution in [0.1, 0.15) is 42.3 Å². The van der Waals surface area contributed by atoms with Crippen LogP contribution in [0.4, 0.5) is 0 Å². The van der Waals surface area contributed by atoms with Gasteiger partial charge in [0.2, 0.25) is 0 Å². The van der Waals surface area contributed by atoms with Gasteiger partial charge < -0.3 is 9.47 Å². The first kappa shape index (κ1) is 17.8. The van der Waals surface area contributed by atoms with Crippen molar-refractivity contribution >= 4 is 11.9 Å². The normalized spacial score (nSPS) is 11.5. The first-order valence-corrected chi connectivity index (χ1v) is 7.90. The molecule has 2 rings (SSSR count). The fraction of sp³-hybridized carbons (Fsp3) is 0.286. The summed E-state index contributed by atoms with van der Waals surface area (Å²) < 4.78 is 10.4. The molecule has 0 bridgehead atoms. The Balaban J connectivity index is 2.19. The topological polar surface area (TPSA) is 35.5 Å². The molecule has 0 atom stereocenters. The van der Waals surface area contributed by atoms with Crippen LogP contribution in [0.5, 0.6) is 11.5 Å². The maximum atomic E-state index is 12.4. The minimum absolute atomic E-state index is 0.102. The van der Waals surface area contributed by atoms with Gasteiger partial charge in [0, 0.05) is 6.07 Å². The zero-order chi connectivity index (χ0) is 17.7. The molecule has 0 fully saturated rings. The lowest BCUT2D eigenvalue weighted by Crippen LogP contribution is -2.10. The Hall–Kier alpha value is -2.55. The molecule has 0 spiro atoms. The van der Waals surface area contributed by atoms with Crippen molar-refractivity contribution in [2.75, 3.05) is 14.2 Å². The Morgan fingerprint density at radius 1 is 0.958 bits per heavy atom. The molecule has 3 nitrogen and oxygen atoms in total. The number of allylic oxidation sites excluding steroid dienone is 1. The molecule has 3 heteroatoms. The lowest BCUT2D eigenvalue weighted by molar-refractivity contribution is 0.104. The van der Waals surface area contributed by atoms with Crippen LogP contribution in [0.3, 0.4) is 0 Å². The molecule has 0 heterocycles. The molecule has 0 aliphatic heterocycles. The summed E-state index contributed by atoms with van der Waals surface area (Å²) >= 11 is 0. The predicted octanol–water partition coefficient (Wildman–Crippen LogP) is 4.90. The molecule has 0 radical (unpaired) electrons. The maximum Gasteiger partial charge on any atom is 0.189 e. The quantitative estimate of drug-likeness (QED) is 0.580. The van der Waals surface area contributed by atoms with E-state index in [1.807, 2.05) is 18.2 Å². The number of carbonyl (C=O) groups excluding carboxylic acids is 1. The molecule has 2 aromatic carbocycles. The lowest BCUT2D eigenvalue weighted by atomic mass is 9.87. The van der Waals surface area contributed by atoms with Gasteiger partial charge in [-0.15, -0.1) is 0 Å². The van der Waals surface area contributed by atoms with Crippen LogP contribution < -0.4 is 9.47 Å². The molecule has 0 aliphatic rings. The summed E-state index contributed by atoms with van der Waals surface area (Å²) in [5.74, 6) is 1.06. The standard InChI is InChI=1S/C21H24O3/c1-21(2,3)16-9-6-15(7-10-16)8-13-19(22)18-12-11-17(23-4)14-20(18)24-5/h6-14H,1-5H3/b13-8+. The average Bonchev–Trinajstić information content (AvgIpc) is 2.58. The van der Waals surface area contributed by atoms with E-state index in [4.69, 9.17) is 9.47 Å². The van der Waals surface area contributed by atoms with Crippen LogP contribution in [-0.4, -0.2) is 20.0 Å². The van der Waals surface area contributed by atoms with Crippen molar-refractivity contribution < 1.29 is 14.3 Å². The molecule has 0 aliphatic carbocycles. The molecule has 0 saturated heterocycles. The Bertz CT molecular complexity index is 735. The summed E-state index contributed by atoms with van der Waals surface area (Å²) in [6.45, 7) is 6.53. The van der Waals surface area contributed by atoms with Crippen molar-refractivity contribution in [1.29, 1.82) is 0 Å². The van der Waals surface area contributed by atoms with Crippen molar-refractivity contribution in [1.82, 2.24) is 0 Å². The molecule has 0 saturated carbocycles. The summed E-state index contributed by atoms with van der Waals surface area (Å²) in [5, 5.41) is 0. The fourth-order valence-electron chi connectivity index (χ4n) is 2.36. The number of ether oxygens (including phenoxy) is 2. The van der Waals surface area contributed by atoms with E-state index >= 15 is 0 Å². The van der Waals surface area contributed by atoms with Crippen molar-refractivity contribution in [3.05, 3.63) is 65.2 Å². The van der Waals surface area contributed by atoms with Gasteiger partial charge in [0.25, 0.3) is 0 Å². The second kappa shape index (κ2) is 7.35. The Morgan fingerprint density at radius 2 is 1.62 bits per heavy atom. The van der Waals surface area contributed by atoms with E-state index in [1.54, 1.807) is 38.5 Å². The van der Waals surface area contributed by atoms with Gasteiger partial charge in [0.15, 0.2) is 5.78 Å². The van der Waals surface area contributed by atoms with Crippen LogP contribution in [0, 0.1) is 0 Å². The molecular formula is C21H24O3. The van der Waals surface area contributed by atoms with E-state index in [9.17, 15) is 4.79 Å². The third-order valence-corrected chi connectivity index (χ3v) is 3.88. The molecular weight excluding hydrogens is 300 g/mol. The number of hydrogen-bond acceptors (Lipinski definition) is 3. The number of carbonyl (C=O) groups is 1. The second-order valence-corrected chi connectivity index (χ2v) is 6.64. The van der Waals surface area contributed by atoms with E-state index in [2.05, 4.69) is 32.9 Å². The highest BCUT2D eigenvalue weighted by molar-refractivity contribution is 6.08. The smallest absolute Gasteiger partial charge is 0.189 e. The molecule has 0 amide bonds. The first-order chi connectivity index (χ1) is 11.3. The van der Waals surface area contributed by atoms with Crippen molar-refractivity contribution in [2.24, 2.45) is 0 Å². The molecule has 126 valence electrons. The Labute approximate surface area is 143 Å². The van der Waals surface area contributed by atoms with Gasteiger partial charge >= 0.3 is 0 Å². The predicted molar refractivity (Wildman–Crippen MR) is 98.1 cm³/mol. The average molecular weight is 324 g/mol. The first-order valence-electron chi connectivity index (χ1n) is 7.90. The van der Waals surface area contributed by atoms with Gasteiger partial charge in [0.05, 0.1) is 19.8 Å². The van der Waals surface area contributed by atoms with E-state index in [0.717, 1.165) is 5.56 Å². The van der Waals surface area contributed by atoms with E-state index < -0.39 is 0 Å². The zero-order valence-electron chi connectivity index (χ0n) is 14.9. The van der Waals surface area contributed by atoms with Crippen molar-refractivity contribution in [3.63, 3.8) is 0 Å². The number of benzene rings is 2. The summed E-state index contributed by atoms with van der Waals surface area (Å²) in [4.78, 5) is 12.4. The Kier molecular flexibility index (Phi) is 5.45. The summed E-state index contributed by atoms with van der Waals surface area (Å²) in [6.07, 6.45) is 3.38. The van der Waals surface area contributed by atoms with Gasteiger partial charge in [-0.05, 0) is 34.8 Å². The number of ketones is 1. The van der Waals surface area contributed by atoms with Crippen molar-refractivity contribution in [3.8, 4) is 11.5 Å².